The molecule has 124 valence electrons. The first-order valence-electron chi connectivity index (χ1n) is 7.53. The molecular formula is C17H22N2O4. The summed E-state index contributed by atoms with van der Waals surface area (Å²) in [5, 5.41) is 5.64. The van der Waals surface area contributed by atoms with Gasteiger partial charge in [0.05, 0.1) is 14.2 Å². The molecule has 1 aromatic carbocycles. The Labute approximate surface area is 135 Å². The molecule has 1 aliphatic carbocycles. The standard InChI is InChI=1S/C17H22N2O4/c1-4-15(20)19-17(9-5-6-10-17)16(21)18-12-7-8-13(22-2)14(11-12)23-3/h4,7-8,11H,1,5-6,9-10H2,2-3H3,(H,18,21)(H,19,20). The maximum absolute atomic E-state index is 12.7. The van der Waals surface area contributed by atoms with Gasteiger partial charge in [-0.15, -0.1) is 0 Å². The summed E-state index contributed by atoms with van der Waals surface area (Å²) in [6, 6.07) is 5.14. The zero-order valence-corrected chi connectivity index (χ0v) is 13.5. The van der Waals surface area contributed by atoms with Crippen molar-refractivity contribution in [2.75, 3.05) is 19.5 Å². The molecule has 0 radical (unpaired) electrons. The SMILES string of the molecule is C=CC(=O)NC1(C(=O)Nc2ccc(OC)c(OC)c2)CCCC1. The third kappa shape index (κ3) is 3.64. The van der Waals surface area contributed by atoms with Gasteiger partial charge in [-0.1, -0.05) is 19.4 Å². The number of benzene rings is 1. The predicted molar refractivity (Wildman–Crippen MR) is 87.7 cm³/mol. The largest absolute Gasteiger partial charge is 0.493 e. The average molecular weight is 318 g/mol. The Hall–Kier alpha value is -2.50. The first-order chi connectivity index (χ1) is 11.0. The van der Waals surface area contributed by atoms with E-state index in [1.807, 2.05) is 0 Å². The van der Waals surface area contributed by atoms with Gasteiger partial charge in [0.2, 0.25) is 11.8 Å². The number of amides is 2. The molecule has 0 atom stereocenters. The van der Waals surface area contributed by atoms with Crippen molar-refractivity contribution in [3.05, 3.63) is 30.9 Å². The monoisotopic (exact) mass is 318 g/mol. The van der Waals surface area contributed by atoms with Crippen LogP contribution in [0.4, 0.5) is 5.69 Å². The van der Waals surface area contributed by atoms with Crippen molar-refractivity contribution in [3.8, 4) is 11.5 Å². The fraction of sp³-hybridized carbons (Fsp3) is 0.412. The number of carbonyl (C=O) groups excluding carboxylic acids is 2. The van der Waals surface area contributed by atoms with Crippen LogP contribution in [-0.2, 0) is 9.59 Å². The smallest absolute Gasteiger partial charge is 0.250 e. The Bertz CT molecular complexity index is 607. The van der Waals surface area contributed by atoms with Crippen LogP contribution in [0.25, 0.3) is 0 Å². The van der Waals surface area contributed by atoms with Gasteiger partial charge in [-0.25, -0.2) is 0 Å². The molecule has 1 saturated carbocycles. The first kappa shape index (κ1) is 16.9. The van der Waals surface area contributed by atoms with Crippen molar-refractivity contribution in [2.45, 2.75) is 31.2 Å². The minimum Gasteiger partial charge on any atom is -0.493 e. The Kier molecular flexibility index (Phi) is 5.26. The number of ether oxygens (including phenoxy) is 2. The lowest BCUT2D eigenvalue weighted by molar-refractivity contribution is -0.128. The lowest BCUT2D eigenvalue weighted by atomic mass is 9.96. The van der Waals surface area contributed by atoms with Crippen LogP contribution in [0.2, 0.25) is 0 Å². The van der Waals surface area contributed by atoms with E-state index >= 15 is 0 Å². The van der Waals surface area contributed by atoms with Crippen LogP contribution in [0, 0.1) is 0 Å². The predicted octanol–water partition coefficient (Wildman–Crippen LogP) is 2.26. The highest BCUT2D eigenvalue weighted by Crippen LogP contribution is 2.33. The number of anilines is 1. The highest BCUT2D eigenvalue weighted by Gasteiger charge is 2.42. The van der Waals surface area contributed by atoms with Crippen LogP contribution < -0.4 is 20.1 Å². The third-order valence-corrected chi connectivity index (χ3v) is 4.08. The molecule has 1 fully saturated rings. The summed E-state index contributed by atoms with van der Waals surface area (Å²) < 4.78 is 10.4. The van der Waals surface area contributed by atoms with Crippen molar-refractivity contribution in [1.29, 1.82) is 0 Å². The molecule has 0 spiro atoms. The topological polar surface area (TPSA) is 76.7 Å². The molecule has 6 nitrogen and oxygen atoms in total. The maximum atomic E-state index is 12.7. The summed E-state index contributed by atoms with van der Waals surface area (Å²) in [7, 11) is 3.08. The molecule has 0 saturated heterocycles. The second-order valence-corrected chi connectivity index (χ2v) is 5.51. The van der Waals surface area contributed by atoms with Gasteiger partial charge < -0.3 is 20.1 Å². The summed E-state index contributed by atoms with van der Waals surface area (Å²) in [6.07, 6.45) is 4.22. The van der Waals surface area contributed by atoms with Crippen LogP contribution >= 0.6 is 0 Å². The van der Waals surface area contributed by atoms with E-state index in [1.165, 1.54) is 13.2 Å². The number of carbonyl (C=O) groups is 2. The van der Waals surface area contributed by atoms with Crippen molar-refractivity contribution in [2.24, 2.45) is 0 Å². The Balaban J connectivity index is 2.19. The molecule has 2 N–H and O–H groups in total. The highest BCUT2D eigenvalue weighted by atomic mass is 16.5. The van der Waals surface area contributed by atoms with Gasteiger partial charge in [0.1, 0.15) is 5.54 Å². The highest BCUT2D eigenvalue weighted by molar-refractivity contribution is 6.02. The quantitative estimate of drug-likeness (QED) is 0.789. The van der Waals surface area contributed by atoms with Crippen LogP contribution in [-0.4, -0.2) is 31.6 Å². The van der Waals surface area contributed by atoms with Gasteiger partial charge in [0.15, 0.2) is 11.5 Å². The fourth-order valence-corrected chi connectivity index (χ4v) is 2.84. The van der Waals surface area contributed by atoms with Gasteiger partial charge in [-0.3, -0.25) is 9.59 Å². The first-order valence-corrected chi connectivity index (χ1v) is 7.53. The molecule has 0 heterocycles. The van der Waals surface area contributed by atoms with Crippen molar-refractivity contribution < 1.29 is 19.1 Å². The summed E-state index contributed by atoms with van der Waals surface area (Å²) >= 11 is 0. The zero-order valence-electron chi connectivity index (χ0n) is 13.5. The Morgan fingerprint density at radius 3 is 2.39 bits per heavy atom. The minimum absolute atomic E-state index is 0.225. The molecule has 0 bridgehead atoms. The molecule has 2 rings (SSSR count). The third-order valence-electron chi connectivity index (χ3n) is 4.08. The van der Waals surface area contributed by atoms with Gasteiger partial charge in [-0.2, -0.15) is 0 Å². The van der Waals surface area contributed by atoms with Crippen LogP contribution in [0.15, 0.2) is 30.9 Å². The maximum Gasteiger partial charge on any atom is 0.250 e. The van der Waals surface area contributed by atoms with Gasteiger partial charge >= 0.3 is 0 Å². The molecule has 23 heavy (non-hydrogen) atoms. The van der Waals surface area contributed by atoms with E-state index in [0.717, 1.165) is 12.8 Å². The average Bonchev–Trinajstić information content (AvgIpc) is 3.04. The Morgan fingerprint density at radius 1 is 1.17 bits per heavy atom. The van der Waals surface area contributed by atoms with Gasteiger partial charge in [-0.05, 0) is 31.1 Å². The molecule has 0 aliphatic heterocycles. The Morgan fingerprint density at radius 2 is 1.83 bits per heavy atom. The summed E-state index contributed by atoms with van der Waals surface area (Å²) in [4.78, 5) is 24.4. The van der Waals surface area contributed by atoms with Crippen LogP contribution in [0.3, 0.4) is 0 Å². The zero-order chi connectivity index (χ0) is 16.9. The van der Waals surface area contributed by atoms with E-state index in [2.05, 4.69) is 17.2 Å². The molecule has 2 amide bonds. The summed E-state index contributed by atoms with van der Waals surface area (Å²) in [5.74, 6) is 0.550. The molecule has 0 unspecified atom stereocenters. The molecular weight excluding hydrogens is 296 g/mol. The second kappa shape index (κ2) is 7.17. The number of hydrogen-bond donors (Lipinski definition) is 2. The van der Waals surface area contributed by atoms with E-state index in [9.17, 15) is 9.59 Å². The number of nitrogens with one attached hydrogen (secondary N) is 2. The minimum atomic E-state index is -0.877. The van der Waals surface area contributed by atoms with E-state index < -0.39 is 5.54 Å². The van der Waals surface area contributed by atoms with Crippen molar-refractivity contribution >= 4 is 17.5 Å². The van der Waals surface area contributed by atoms with Gasteiger partial charge in [0.25, 0.3) is 0 Å². The lowest BCUT2D eigenvalue weighted by Gasteiger charge is -2.28. The number of methoxy groups -OCH3 is 2. The summed E-state index contributed by atoms with van der Waals surface area (Å²) in [5.41, 5.74) is -0.287. The number of hydrogen-bond acceptors (Lipinski definition) is 4. The molecule has 0 aromatic heterocycles. The van der Waals surface area contributed by atoms with Gasteiger partial charge in [0, 0.05) is 11.8 Å². The van der Waals surface area contributed by atoms with E-state index in [0.29, 0.717) is 30.0 Å². The molecule has 1 aliphatic rings. The van der Waals surface area contributed by atoms with Crippen LogP contribution in [0.5, 0.6) is 11.5 Å². The molecule has 6 heteroatoms. The summed E-state index contributed by atoms with van der Waals surface area (Å²) in [6.45, 7) is 3.44. The van der Waals surface area contributed by atoms with Crippen molar-refractivity contribution in [3.63, 3.8) is 0 Å². The lowest BCUT2D eigenvalue weighted by Crippen LogP contribution is -2.54. The fourth-order valence-electron chi connectivity index (χ4n) is 2.84. The van der Waals surface area contributed by atoms with Crippen molar-refractivity contribution in [1.82, 2.24) is 5.32 Å². The normalized spacial score (nSPS) is 15.6. The van der Waals surface area contributed by atoms with E-state index in [-0.39, 0.29) is 11.8 Å². The van der Waals surface area contributed by atoms with E-state index in [1.54, 1.807) is 25.3 Å². The second-order valence-electron chi connectivity index (χ2n) is 5.51. The number of rotatable bonds is 6. The molecule has 1 aromatic rings. The van der Waals surface area contributed by atoms with Crippen LogP contribution in [0.1, 0.15) is 25.7 Å². The van der Waals surface area contributed by atoms with E-state index in [4.69, 9.17) is 9.47 Å².